The van der Waals surface area contributed by atoms with Crippen molar-refractivity contribution in [2.24, 2.45) is 5.92 Å². The van der Waals surface area contributed by atoms with E-state index in [2.05, 4.69) is 10.1 Å². The topological polar surface area (TPSA) is 39.9 Å². The van der Waals surface area contributed by atoms with E-state index in [0.717, 1.165) is 31.7 Å². The van der Waals surface area contributed by atoms with Gasteiger partial charge in [0.25, 0.3) is 6.43 Å². The highest BCUT2D eigenvalue weighted by Gasteiger charge is 2.17. The minimum atomic E-state index is -2.51. The van der Waals surface area contributed by atoms with E-state index in [1.165, 1.54) is 12.3 Å². The molecule has 1 atom stereocenters. The molecule has 0 unspecified atom stereocenters. The average molecular weight is 279 g/mol. The largest absolute Gasteiger partial charge is 0.381 e. The van der Waals surface area contributed by atoms with E-state index in [0.29, 0.717) is 11.5 Å². The van der Waals surface area contributed by atoms with Gasteiger partial charge in [-0.3, -0.25) is 9.67 Å². The molecule has 0 aliphatic carbocycles. The summed E-state index contributed by atoms with van der Waals surface area (Å²) in [5.41, 5.74) is 1.40. The van der Waals surface area contributed by atoms with Gasteiger partial charge in [0.1, 0.15) is 0 Å². The molecule has 4 nitrogen and oxygen atoms in total. The molecule has 0 amide bonds. The van der Waals surface area contributed by atoms with Gasteiger partial charge in [-0.15, -0.1) is 0 Å². The van der Waals surface area contributed by atoms with E-state index < -0.39 is 6.43 Å². The first-order chi connectivity index (χ1) is 9.72. The van der Waals surface area contributed by atoms with Gasteiger partial charge in [-0.25, -0.2) is 8.78 Å². The van der Waals surface area contributed by atoms with E-state index in [1.807, 2.05) is 10.9 Å². The molecule has 6 heteroatoms. The molecule has 2 aromatic rings. The van der Waals surface area contributed by atoms with Gasteiger partial charge in [0.05, 0.1) is 12.8 Å². The lowest BCUT2D eigenvalue weighted by Crippen LogP contribution is -2.10. The van der Waals surface area contributed by atoms with Gasteiger partial charge in [-0.1, -0.05) is 0 Å². The molecule has 1 aliphatic heterocycles. The summed E-state index contributed by atoms with van der Waals surface area (Å²) in [6, 6.07) is 1.46. The highest BCUT2D eigenvalue weighted by molar-refractivity contribution is 5.61. The molecule has 20 heavy (non-hydrogen) atoms. The molecular weight excluding hydrogens is 264 g/mol. The van der Waals surface area contributed by atoms with Gasteiger partial charge >= 0.3 is 0 Å². The Morgan fingerprint density at radius 2 is 2.20 bits per heavy atom. The SMILES string of the molecule is FC(F)c1cncc(-c2cnn(C[C@H]3CCOC3)c2)c1. The first-order valence-electron chi connectivity index (χ1n) is 6.56. The second-order valence-electron chi connectivity index (χ2n) is 4.99. The number of rotatable bonds is 4. The third-order valence-electron chi connectivity index (χ3n) is 3.45. The summed E-state index contributed by atoms with van der Waals surface area (Å²) in [6.07, 6.45) is 4.85. The first kappa shape index (κ1) is 13.2. The minimum Gasteiger partial charge on any atom is -0.381 e. The molecule has 1 fully saturated rings. The molecule has 2 aromatic heterocycles. The van der Waals surface area contributed by atoms with E-state index in [1.54, 1.807) is 12.4 Å². The smallest absolute Gasteiger partial charge is 0.265 e. The molecule has 0 saturated carbocycles. The van der Waals surface area contributed by atoms with E-state index >= 15 is 0 Å². The summed E-state index contributed by atoms with van der Waals surface area (Å²) >= 11 is 0. The Balaban J connectivity index is 1.77. The molecule has 0 aromatic carbocycles. The van der Waals surface area contributed by atoms with Crippen LogP contribution in [-0.2, 0) is 11.3 Å². The standard InChI is InChI=1S/C14H15F2N3O/c15-14(16)12-3-11(4-17-5-12)13-6-18-19(8-13)7-10-1-2-20-9-10/h3-6,8,10,14H,1-2,7,9H2/t10-/m1/s1. The summed E-state index contributed by atoms with van der Waals surface area (Å²) in [5, 5.41) is 4.28. The molecular formula is C14H15F2N3O. The van der Waals surface area contributed by atoms with Crippen LogP contribution in [0.3, 0.4) is 0 Å². The van der Waals surface area contributed by atoms with Crippen LogP contribution >= 0.6 is 0 Å². The molecule has 1 aliphatic rings. The second kappa shape index (κ2) is 5.66. The number of pyridine rings is 1. The number of halogens is 2. The van der Waals surface area contributed by atoms with E-state index in [9.17, 15) is 8.78 Å². The zero-order chi connectivity index (χ0) is 13.9. The van der Waals surface area contributed by atoms with Gasteiger partial charge in [0.15, 0.2) is 0 Å². The Bertz CT molecular complexity index is 579. The molecule has 3 heterocycles. The fourth-order valence-corrected chi connectivity index (χ4v) is 2.34. The van der Waals surface area contributed by atoms with Crippen molar-refractivity contribution in [1.82, 2.24) is 14.8 Å². The lowest BCUT2D eigenvalue weighted by Gasteiger charge is -2.06. The van der Waals surface area contributed by atoms with Crippen molar-refractivity contribution < 1.29 is 13.5 Å². The zero-order valence-electron chi connectivity index (χ0n) is 10.9. The molecule has 0 radical (unpaired) electrons. The molecule has 3 rings (SSSR count). The van der Waals surface area contributed by atoms with E-state index in [4.69, 9.17) is 4.74 Å². The Kier molecular flexibility index (Phi) is 3.73. The fraction of sp³-hybridized carbons (Fsp3) is 0.429. The third kappa shape index (κ3) is 2.85. The number of alkyl halides is 2. The van der Waals surface area contributed by atoms with Crippen molar-refractivity contribution >= 4 is 0 Å². The van der Waals surface area contributed by atoms with Gasteiger partial charge < -0.3 is 4.74 Å². The molecule has 0 N–H and O–H groups in total. The van der Waals surface area contributed by atoms with Crippen molar-refractivity contribution in [3.63, 3.8) is 0 Å². The number of ether oxygens (including phenoxy) is 1. The number of hydrogen-bond donors (Lipinski definition) is 0. The highest BCUT2D eigenvalue weighted by atomic mass is 19.3. The third-order valence-corrected chi connectivity index (χ3v) is 3.45. The maximum absolute atomic E-state index is 12.7. The van der Waals surface area contributed by atoms with Crippen LogP contribution in [-0.4, -0.2) is 28.0 Å². The number of hydrogen-bond acceptors (Lipinski definition) is 3. The van der Waals surface area contributed by atoms with Crippen LogP contribution in [0.5, 0.6) is 0 Å². The summed E-state index contributed by atoms with van der Waals surface area (Å²) < 4.78 is 32.5. The normalized spacial score (nSPS) is 18.9. The molecule has 1 saturated heterocycles. The maximum atomic E-state index is 12.7. The Hall–Kier alpha value is -1.82. The van der Waals surface area contributed by atoms with Crippen molar-refractivity contribution in [3.05, 3.63) is 36.4 Å². The Morgan fingerprint density at radius 3 is 2.95 bits per heavy atom. The summed E-state index contributed by atoms with van der Waals surface area (Å²) in [4.78, 5) is 3.86. The molecule has 0 bridgehead atoms. The van der Waals surface area contributed by atoms with Crippen LogP contribution in [0, 0.1) is 5.92 Å². The summed E-state index contributed by atoms with van der Waals surface area (Å²) in [5.74, 6) is 0.480. The second-order valence-corrected chi connectivity index (χ2v) is 4.99. The van der Waals surface area contributed by atoms with Gasteiger partial charge in [-0.2, -0.15) is 5.10 Å². The zero-order valence-corrected chi connectivity index (χ0v) is 10.9. The quantitative estimate of drug-likeness (QED) is 0.864. The van der Waals surface area contributed by atoms with Crippen LogP contribution in [0.25, 0.3) is 11.1 Å². The van der Waals surface area contributed by atoms with Crippen molar-refractivity contribution in [2.45, 2.75) is 19.4 Å². The van der Waals surface area contributed by atoms with Gasteiger partial charge in [0.2, 0.25) is 0 Å². The maximum Gasteiger partial charge on any atom is 0.265 e. The van der Waals surface area contributed by atoms with Crippen LogP contribution < -0.4 is 0 Å². The Labute approximate surface area is 115 Å². The average Bonchev–Trinajstić information content (AvgIpc) is 3.11. The van der Waals surface area contributed by atoms with Crippen LogP contribution in [0.15, 0.2) is 30.9 Å². The molecule has 106 valence electrons. The first-order valence-corrected chi connectivity index (χ1v) is 6.56. The van der Waals surface area contributed by atoms with Crippen LogP contribution in [0.4, 0.5) is 8.78 Å². The van der Waals surface area contributed by atoms with Crippen molar-refractivity contribution in [1.29, 1.82) is 0 Å². The Morgan fingerprint density at radius 1 is 1.30 bits per heavy atom. The number of aromatic nitrogens is 3. The summed E-state index contributed by atoms with van der Waals surface area (Å²) in [7, 11) is 0. The van der Waals surface area contributed by atoms with E-state index in [-0.39, 0.29) is 5.56 Å². The number of nitrogens with zero attached hydrogens (tertiary/aromatic N) is 3. The monoisotopic (exact) mass is 279 g/mol. The van der Waals surface area contributed by atoms with Crippen LogP contribution in [0.2, 0.25) is 0 Å². The minimum absolute atomic E-state index is 0.0700. The molecule has 0 spiro atoms. The van der Waals surface area contributed by atoms with Gasteiger partial charge in [-0.05, 0) is 12.5 Å². The lowest BCUT2D eigenvalue weighted by atomic mass is 10.1. The highest BCUT2D eigenvalue weighted by Crippen LogP contribution is 2.24. The van der Waals surface area contributed by atoms with Crippen LogP contribution in [0.1, 0.15) is 18.4 Å². The fourth-order valence-electron chi connectivity index (χ4n) is 2.34. The van der Waals surface area contributed by atoms with Crippen molar-refractivity contribution in [2.75, 3.05) is 13.2 Å². The lowest BCUT2D eigenvalue weighted by molar-refractivity contribution is 0.151. The van der Waals surface area contributed by atoms with Crippen molar-refractivity contribution in [3.8, 4) is 11.1 Å². The van der Waals surface area contributed by atoms with Gasteiger partial charge in [0, 0.05) is 54.4 Å². The predicted octanol–water partition coefficient (Wildman–Crippen LogP) is 2.92. The predicted molar refractivity (Wildman–Crippen MR) is 69.3 cm³/mol. The summed E-state index contributed by atoms with van der Waals surface area (Å²) in [6.45, 7) is 2.36.